The number of ether oxygens (including phenoxy) is 2. The molecule has 0 spiro atoms. The molecule has 8 nitrogen and oxygen atoms in total. The molecule has 4 N–H and O–H groups in total. The molecule has 0 bridgehead atoms. The molecular formula is C24H39N3O5. The van der Waals surface area contributed by atoms with Gasteiger partial charge in [0.05, 0.1) is 13.2 Å². The predicted molar refractivity (Wildman–Crippen MR) is 124 cm³/mol. The molecule has 0 heterocycles. The molecule has 2 amide bonds. The molecule has 0 fully saturated rings. The molecule has 0 aliphatic heterocycles. The number of esters is 1. The maximum Gasteiger partial charge on any atom is 0.329 e. The highest BCUT2D eigenvalue weighted by molar-refractivity contribution is 5.92. The lowest BCUT2D eigenvalue weighted by Gasteiger charge is -2.28. The normalized spacial score (nSPS) is 14.3. The highest BCUT2D eigenvalue weighted by atomic mass is 16.6. The van der Waals surface area contributed by atoms with Crippen molar-refractivity contribution in [1.82, 2.24) is 10.6 Å². The molecule has 0 aromatic heterocycles. The lowest BCUT2D eigenvalue weighted by molar-refractivity contribution is -0.159. The lowest BCUT2D eigenvalue weighted by atomic mass is 10.0. The Balaban J connectivity index is 2.87. The zero-order valence-electron chi connectivity index (χ0n) is 20.4. The summed E-state index contributed by atoms with van der Waals surface area (Å²) < 4.78 is 10.7. The second-order valence-electron chi connectivity index (χ2n) is 9.35. The molecular weight excluding hydrogens is 410 g/mol. The van der Waals surface area contributed by atoms with Crippen molar-refractivity contribution in [2.45, 2.75) is 84.5 Å². The number of aryl methyl sites for hydroxylation is 1. The van der Waals surface area contributed by atoms with Gasteiger partial charge in [-0.25, -0.2) is 4.79 Å². The van der Waals surface area contributed by atoms with Gasteiger partial charge in [0.1, 0.15) is 23.4 Å². The van der Waals surface area contributed by atoms with E-state index in [0.29, 0.717) is 12.8 Å². The molecule has 0 aliphatic rings. The van der Waals surface area contributed by atoms with Gasteiger partial charge in [-0.05, 0) is 70.6 Å². The molecule has 180 valence electrons. The molecule has 0 radical (unpaired) electrons. The van der Waals surface area contributed by atoms with Crippen LogP contribution in [0.25, 0.3) is 0 Å². The third-order valence-corrected chi connectivity index (χ3v) is 4.79. The van der Waals surface area contributed by atoms with E-state index in [2.05, 4.69) is 10.6 Å². The van der Waals surface area contributed by atoms with Gasteiger partial charge in [-0.15, -0.1) is 0 Å². The van der Waals surface area contributed by atoms with Crippen LogP contribution in [0.4, 0.5) is 0 Å². The average molecular weight is 450 g/mol. The van der Waals surface area contributed by atoms with Gasteiger partial charge in [-0.3, -0.25) is 9.59 Å². The summed E-state index contributed by atoms with van der Waals surface area (Å²) in [5.74, 6) is -0.763. The van der Waals surface area contributed by atoms with Crippen molar-refractivity contribution in [3.05, 3.63) is 29.8 Å². The molecule has 1 aromatic rings. The summed E-state index contributed by atoms with van der Waals surface area (Å²) in [6, 6.07) is 5.34. The van der Waals surface area contributed by atoms with Crippen LogP contribution in [0.15, 0.2) is 24.3 Å². The maximum atomic E-state index is 12.9. The SMILES string of the molecule is COc1ccc(CCC[C@H](NC(=O)[C@@H](NC(=O)[C@H](C)N)C(C)C)C(=O)OC(C)(C)C)cc1. The summed E-state index contributed by atoms with van der Waals surface area (Å²) in [5, 5.41) is 5.44. The molecule has 8 heteroatoms. The van der Waals surface area contributed by atoms with E-state index in [-0.39, 0.29) is 5.92 Å². The quantitative estimate of drug-likeness (QED) is 0.446. The number of amides is 2. The molecule has 0 saturated carbocycles. The van der Waals surface area contributed by atoms with Gasteiger partial charge in [0.15, 0.2) is 0 Å². The molecule has 32 heavy (non-hydrogen) atoms. The topological polar surface area (TPSA) is 120 Å². The second-order valence-corrected chi connectivity index (χ2v) is 9.35. The van der Waals surface area contributed by atoms with Gasteiger partial charge < -0.3 is 25.8 Å². The summed E-state index contributed by atoms with van der Waals surface area (Å²) in [4.78, 5) is 37.7. The monoisotopic (exact) mass is 449 g/mol. The van der Waals surface area contributed by atoms with Crippen molar-refractivity contribution in [2.24, 2.45) is 11.7 Å². The first-order chi connectivity index (χ1) is 14.8. The first kappa shape index (κ1) is 27.4. The van der Waals surface area contributed by atoms with Crippen molar-refractivity contribution >= 4 is 17.8 Å². The highest BCUT2D eigenvalue weighted by Gasteiger charge is 2.31. The summed E-state index contributed by atoms with van der Waals surface area (Å²) >= 11 is 0. The molecule has 0 saturated heterocycles. The van der Waals surface area contributed by atoms with E-state index in [1.165, 1.54) is 0 Å². The zero-order chi connectivity index (χ0) is 24.5. The van der Waals surface area contributed by atoms with Crippen LogP contribution in [0.2, 0.25) is 0 Å². The number of hydrogen-bond acceptors (Lipinski definition) is 6. The van der Waals surface area contributed by atoms with E-state index in [1.54, 1.807) is 34.8 Å². The van der Waals surface area contributed by atoms with E-state index < -0.39 is 41.5 Å². The smallest absolute Gasteiger partial charge is 0.329 e. The largest absolute Gasteiger partial charge is 0.497 e. The second kappa shape index (κ2) is 12.4. The fourth-order valence-corrected chi connectivity index (χ4v) is 3.01. The minimum atomic E-state index is -0.826. The minimum Gasteiger partial charge on any atom is -0.497 e. The van der Waals surface area contributed by atoms with Crippen LogP contribution in [0.1, 0.15) is 59.9 Å². The Kier molecular flexibility index (Phi) is 10.7. The van der Waals surface area contributed by atoms with Crippen LogP contribution in [0, 0.1) is 5.92 Å². The summed E-state index contributed by atoms with van der Waals surface area (Å²) in [6.45, 7) is 10.5. The van der Waals surface area contributed by atoms with Crippen molar-refractivity contribution < 1.29 is 23.9 Å². The van der Waals surface area contributed by atoms with Crippen LogP contribution in [0.5, 0.6) is 5.75 Å². The van der Waals surface area contributed by atoms with E-state index in [1.807, 2.05) is 38.1 Å². The summed E-state index contributed by atoms with van der Waals surface area (Å²) in [6.07, 6.45) is 1.79. The van der Waals surface area contributed by atoms with Crippen molar-refractivity contribution in [3.8, 4) is 5.75 Å². The summed E-state index contributed by atoms with van der Waals surface area (Å²) in [7, 11) is 1.62. The lowest BCUT2D eigenvalue weighted by Crippen LogP contribution is -2.56. The Morgan fingerprint density at radius 2 is 1.59 bits per heavy atom. The van der Waals surface area contributed by atoms with E-state index in [9.17, 15) is 14.4 Å². The predicted octanol–water partition coefficient (Wildman–Crippen LogP) is 2.33. The van der Waals surface area contributed by atoms with Crippen molar-refractivity contribution in [3.63, 3.8) is 0 Å². The Labute approximate surface area is 191 Å². The Hall–Kier alpha value is -2.61. The zero-order valence-corrected chi connectivity index (χ0v) is 20.4. The number of nitrogens with two attached hydrogens (primary N) is 1. The van der Waals surface area contributed by atoms with Gasteiger partial charge in [0.2, 0.25) is 11.8 Å². The van der Waals surface area contributed by atoms with Crippen LogP contribution in [0.3, 0.4) is 0 Å². The van der Waals surface area contributed by atoms with Crippen molar-refractivity contribution in [1.29, 1.82) is 0 Å². The van der Waals surface area contributed by atoms with E-state index in [4.69, 9.17) is 15.2 Å². The summed E-state index contributed by atoms with van der Waals surface area (Å²) in [5.41, 5.74) is 6.03. The number of rotatable bonds is 11. The average Bonchev–Trinajstić information content (AvgIpc) is 2.69. The minimum absolute atomic E-state index is 0.184. The van der Waals surface area contributed by atoms with Gasteiger partial charge in [0, 0.05) is 0 Å². The van der Waals surface area contributed by atoms with E-state index >= 15 is 0 Å². The fraction of sp³-hybridized carbons (Fsp3) is 0.625. The van der Waals surface area contributed by atoms with Crippen LogP contribution < -0.4 is 21.1 Å². The number of hydrogen-bond donors (Lipinski definition) is 3. The molecule has 0 unspecified atom stereocenters. The number of benzene rings is 1. The first-order valence-corrected chi connectivity index (χ1v) is 11.1. The third kappa shape index (κ3) is 9.68. The Morgan fingerprint density at radius 3 is 2.06 bits per heavy atom. The Bertz CT molecular complexity index is 754. The van der Waals surface area contributed by atoms with Crippen LogP contribution in [-0.4, -0.2) is 48.6 Å². The first-order valence-electron chi connectivity index (χ1n) is 11.1. The highest BCUT2D eigenvalue weighted by Crippen LogP contribution is 2.16. The number of methoxy groups -OCH3 is 1. The third-order valence-electron chi connectivity index (χ3n) is 4.79. The molecule has 1 aromatic carbocycles. The van der Waals surface area contributed by atoms with Gasteiger partial charge in [0.25, 0.3) is 0 Å². The standard InChI is InChI=1S/C24H39N3O5/c1-15(2)20(27-21(28)16(3)25)22(29)26-19(23(30)32-24(4,5)6)10-8-9-17-11-13-18(31-7)14-12-17/h11-16,19-20H,8-10,25H2,1-7H3,(H,26,29)(H,27,28)/t16-,19-,20-/m0/s1. The molecule has 1 rings (SSSR count). The van der Waals surface area contributed by atoms with Gasteiger partial charge >= 0.3 is 5.97 Å². The molecule has 0 aliphatic carbocycles. The van der Waals surface area contributed by atoms with Crippen LogP contribution in [-0.2, 0) is 25.5 Å². The van der Waals surface area contributed by atoms with Crippen molar-refractivity contribution in [2.75, 3.05) is 7.11 Å². The molecule has 3 atom stereocenters. The number of carbonyl (C=O) groups is 3. The Morgan fingerprint density at radius 1 is 1.00 bits per heavy atom. The van der Waals surface area contributed by atoms with Gasteiger partial charge in [-0.1, -0.05) is 26.0 Å². The van der Waals surface area contributed by atoms with Crippen LogP contribution >= 0.6 is 0 Å². The maximum absolute atomic E-state index is 12.9. The van der Waals surface area contributed by atoms with Gasteiger partial charge in [-0.2, -0.15) is 0 Å². The fourth-order valence-electron chi connectivity index (χ4n) is 3.01. The number of carbonyl (C=O) groups excluding carboxylic acids is 3. The number of nitrogens with one attached hydrogen (secondary N) is 2. The van der Waals surface area contributed by atoms with E-state index in [0.717, 1.165) is 17.7 Å².